The van der Waals surface area contributed by atoms with Crippen molar-refractivity contribution in [3.05, 3.63) is 46.1 Å². The van der Waals surface area contributed by atoms with Gasteiger partial charge in [0.25, 0.3) is 11.6 Å². The molecule has 0 aliphatic carbocycles. The molecule has 2 rings (SSSR count). The Balaban J connectivity index is 2.22. The third-order valence-electron chi connectivity index (χ3n) is 2.54. The molecule has 0 aliphatic heterocycles. The Morgan fingerprint density at radius 1 is 1.53 bits per heavy atom. The van der Waals surface area contributed by atoms with Crippen LogP contribution in [0.2, 0.25) is 0 Å². The predicted molar refractivity (Wildman–Crippen MR) is 68.7 cm³/mol. The van der Waals surface area contributed by atoms with E-state index in [4.69, 9.17) is 5.73 Å². The summed E-state index contributed by atoms with van der Waals surface area (Å²) < 4.78 is 1.36. The molecule has 0 unspecified atom stereocenters. The van der Waals surface area contributed by atoms with Crippen LogP contribution in [0.5, 0.6) is 0 Å². The smallest absolute Gasteiger partial charge is 0.271 e. The average Bonchev–Trinajstić information content (AvgIpc) is 2.70. The molecular weight excluding hydrogens is 250 g/mol. The van der Waals surface area contributed by atoms with Gasteiger partial charge >= 0.3 is 0 Å². The lowest BCUT2D eigenvalue weighted by molar-refractivity contribution is -0.384. The summed E-state index contributed by atoms with van der Waals surface area (Å²) in [5, 5.41) is 17.0. The number of rotatable bonds is 3. The summed E-state index contributed by atoms with van der Waals surface area (Å²) >= 11 is 0. The zero-order valence-corrected chi connectivity index (χ0v) is 10.0. The van der Waals surface area contributed by atoms with Gasteiger partial charge in [-0.25, -0.2) is 0 Å². The fraction of sp³-hybridized carbons (Fsp3) is 0.0909. The molecule has 0 fully saturated rings. The van der Waals surface area contributed by atoms with E-state index in [0.29, 0.717) is 5.69 Å². The summed E-state index contributed by atoms with van der Waals surface area (Å²) in [6.45, 7) is 0. The highest BCUT2D eigenvalue weighted by atomic mass is 16.6. The highest BCUT2D eigenvalue weighted by Crippen LogP contribution is 2.18. The van der Waals surface area contributed by atoms with Crippen LogP contribution in [0, 0.1) is 10.1 Å². The van der Waals surface area contributed by atoms with E-state index in [1.165, 1.54) is 29.1 Å². The van der Waals surface area contributed by atoms with Crippen molar-refractivity contribution in [1.29, 1.82) is 0 Å². The number of nitrogen functional groups attached to an aromatic ring is 1. The van der Waals surface area contributed by atoms with E-state index < -0.39 is 10.8 Å². The lowest BCUT2D eigenvalue weighted by Crippen LogP contribution is -2.13. The lowest BCUT2D eigenvalue weighted by atomic mass is 10.2. The number of benzene rings is 1. The second-order valence-electron chi connectivity index (χ2n) is 3.83. The molecule has 19 heavy (non-hydrogen) atoms. The maximum absolute atomic E-state index is 11.9. The molecule has 0 atom stereocenters. The SMILES string of the molecule is Cn1ncc(C(=O)Nc2cccc([N+](=O)[O-])c2)c1N. The number of carbonyl (C=O) groups is 1. The van der Waals surface area contributed by atoms with Gasteiger partial charge in [0.15, 0.2) is 0 Å². The number of hydrogen-bond donors (Lipinski definition) is 2. The van der Waals surface area contributed by atoms with Gasteiger partial charge in [-0.2, -0.15) is 5.10 Å². The number of aromatic nitrogens is 2. The summed E-state index contributed by atoms with van der Waals surface area (Å²) in [4.78, 5) is 22.0. The van der Waals surface area contributed by atoms with Gasteiger partial charge in [0.05, 0.1) is 11.1 Å². The molecule has 0 aliphatic rings. The first kappa shape index (κ1) is 12.6. The van der Waals surface area contributed by atoms with Gasteiger partial charge in [0.2, 0.25) is 0 Å². The average molecular weight is 261 g/mol. The van der Waals surface area contributed by atoms with Crippen LogP contribution in [0.15, 0.2) is 30.5 Å². The van der Waals surface area contributed by atoms with E-state index in [2.05, 4.69) is 10.4 Å². The van der Waals surface area contributed by atoms with E-state index >= 15 is 0 Å². The van der Waals surface area contributed by atoms with Crippen LogP contribution in [0.25, 0.3) is 0 Å². The summed E-state index contributed by atoms with van der Waals surface area (Å²) in [6, 6.07) is 5.65. The molecule has 2 aromatic rings. The molecule has 0 bridgehead atoms. The minimum Gasteiger partial charge on any atom is -0.383 e. The van der Waals surface area contributed by atoms with Crippen LogP contribution in [0.3, 0.4) is 0 Å². The van der Waals surface area contributed by atoms with E-state index in [-0.39, 0.29) is 17.1 Å². The van der Waals surface area contributed by atoms with E-state index in [0.717, 1.165) is 0 Å². The first-order valence-corrected chi connectivity index (χ1v) is 5.32. The van der Waals surface area contributed by atoms with E-state index in [1.807, 2.05) is 0 Å². The largest absolute Gasteiger partial charge is 0.383 e. The lowest BCUT2D eigenvalue weighted by Gasteiger charge is -2.04. The zero-order valence-electron chi connectivity index (χ0n) is 10.0. The van der Waals surface area contributed by atoms with Crippen molar-refractivity contribution in [3.63, 3.8) is 0 Å². The van der Waals surface area contributed by atoms with Crippen LogP contribution in [0.4, 0.5) is 17.2 Å². The molecule has 0 spiro atoms. The fourth-order valence-electron chi connectivity index (χ4n) is 1.52. The van der Waals surface area contributed by atoms with Gasteiger partial charge in [-0.05, 0) is 6.07 Å². The predicted octanol–water partition coefficient (Wildman–Crippen LogP) is 1.16. The Kier molecular flexibility index (Phi) is 3.15. The van der Waals surface area contributed by atoms with Crippen molar-refractivity contribution < 1.29 is 9.72 Å². The van der Waals surface area contributed by atoms with Crippen LogP contribution >= 0.6 is 0 Å². The molecule has 0 saturated heterocycles. The number of nitrogens with one attached hydrogen (secondary N) is 1. The first-order chi connectivity index (χ1) is 8.99. The number of anilines is 2. The van der Waals surface area contributed by atoms with Crippen LogP contribution in [0.1, 0.15) is 10.4 Å². The second-order valence-corrected chi connectivity index (χ2v) is 3.83. The molecule has 1 heterocycles. The Hall–Kier alpha value is -2.90. The molecule has 8 heteroatoms. The molecule has 1 amide bonds. The van der Waals surface area contributed by atoms with Gasteiger partial charge in [0, 0.05) is 24.9 Å². The minimum absolute atomic E-state index is 0.100. The van der Waals surface area contributed by atoms with Gasteiger partial charge in [-0.15, -0.1) is 0 Å². The molecule has 3 N–H and O–H groups in total. The van der Waals surface area contributed by atoms with Gasteiger partial charge in [-0.1, -0.05) is 6.07 Å². The van der Waals surface area contributed by atoms with Crippen molar-refractivity contribution in [3.8, 4) is 0 Å². The molecule has 8 nitrogen and oxygen atoms in total. The third kappa shape index (κ3) is 2.51. The number of nitrogens with zero attached hydrogens (tertiary/aromatic N) is 3. The number of amides is 1. The van der Waals surface area contributed by atoms with E-state index in [1.54, 1.807) is 13.1 Å². The van der Waals surface area contributed by atoms with Gasteiger partial charge < -0.3 is 11.1 Å². The van der Waals surface area contributed by atoms with Crippen molar-refractivity contribution in [2.45, 2.75) is 0 Å². The highest BCUT2D eigenvalue weighted by molar-refractivity contribution is 6.07. The van der Waals surface area contributed by atoms with Crippen LogP contribution in [-0.4, -0.2) is 20.6 Å². The summed E-state index contributed by atoms with van der Waals surface area (Å²) in [7, 11) is 1.61. The van der Waals surface area contributed by atoms with Crippen molar-refractivity contribution in [2.24, 2.45) is 7.05 Å². The number of carbonyl (C=O) groups excluding carboxylic acids is 1. The monoisotopic (exact) mass is 261 g/mol. The number of hydrogen-bond acceptors (Lipinski definition) is 5. The van der Waals surface area contributed by atoms with Crippen LogP contribution in [-0.2, 0) is 7.05 Å². The topological polar surface area (TPSA) is 116 Å². The third-order valence-corrected chi connectivity index (χ3v) is 2.54. The number of non-ortho nitro benzene ring substituents is 1. The highest BCUT2D eigenvalue weighted by Gasteiger charge is 2.14. The molecule has 0 saturated carbocycles. The number of nitro groups is 1. The number of aryl methyl sites for hydroxylation is 1. The minimum atomic E-state index is -0.534. The van der Waals surface area contributed by atoms with E-state index in [9.17, 15) is 14.9 Å². The van der Waals surface area contributed by atoms with Gasteiger partial charge in [0.1, 0.15) is 11.4 Å². The molecule has 1 aromatic heterocycles. The maximum Gasteiger partial charge on any atom is 0.271 e. The fourth-order valence-corrected chi connectivity index (χ4v) is 1.52. The Morgan fingerprint density at radius 2 is 2.26 bits per heavy atom. The second kappa shape index (κ2) is 4.77. The number of nitrogens with two attached hydrogens (primary N) is 1. The van der Waals surface area contributed by atoms with Crippen molar-refractivity contribution in [2.75, 3.05) is 11.1 Å². The first-order valence-electron chi connectivity index (χ1n) is 5.32. The summed E-state index contributed by atoms with van der Waals surface area (Å²) in [6.07, 6.45) is 1.34. The zero-order chi connectivity index (χ0) is 14.0. The molecule has 1 aromatic carbocycles. The summed E-state index contributed by atoms with van der Waals surface area (Å²) in [5.41, 5.74) is 6.11. The Labute approximate surface area is 108 Å². The van der Waals surface area contributed by atoms with Crippen molar-refractivity contribution in [1.82, 2.24) is 9.78 Å². The molecule has 0 radical (unpaired) electrons. The van der Waals surface area contributed by atoms with Gasteiger partial charge in [-0.3, -0.25) is 19.6 Å². The maximum atomic E-state index is 11.9. The Bertz CT molecular complexity index is 650. The standard InChI is InChI=1S/C11H11N5O3/c1-15-10(12)9(6-13-15)11(17)14-7-3-2-4-8(5-7)16(18)19/h2-6H,12H2,1H3,(H,14,17). The number of nitro benzene ring substituents is 1. The normalized spacial score (nSPS) is 10.2. The summed E-state index contributed by atoms with van der Waals surface area (Å²) in [5.74, 6) is -0.242. The molecule has 98 valence electrons. The Morgan fingerprint density at radius 3 is 2.84 bits per heavy atom. The van der Waals surface area contributed by atoms with Crippen molar-refractivity contribution >= 4 is 23.1 Å². The van der Waals surface area contributed by atoms with Crippen LogP contribution < -0.4 is 11.1 Å². The quantitative estimate of drug-likeness (QED) is 0.635. The molecular formula is C11H11N5O3.